The van der Waals surface area contributed by atoms with Crippen LogP contribution in [0.15, 0.2) is 61.3 Å². The van der Waals surface area contributed by atoms with Gasteiger partial charge in [-0.25, -0.2) is 14.4 Å². The summed E-state index contributed by atoms with van der Waals surface area (Å²) in [5, 5.41) is 3.01. The van der Waals surface area contributed by atoms with Gasteiger partial charge in [0, 0.05) is 25.1 Å². The SMILES string of the molecule is Fc1cccnc1NCc1ccccc1-n1ccnc1. The van der Waals surface area contributed by atoms with Crippen molar-refractivity contribution >= 4 is 5.82 Å². The quantitative estimate of drug-likeness (QED) is 0.791. The highest BCUT2D eigenvalue weighted by atomic mass is 19.1. The first kappa shape index (κ1) is 12.3. The van der Waals surface area contributed by atoms with Gasteiger partial charge < -0.3 is 9.88 Å². The van der Waals surface area contributed by atoms with Crippen LogP contribution in [0.3, 0.4) is 0 Å². The minimum atomic E-state index is -0.354. The van der Waals surface area contributed by atoms with Gasteiger partial charge in [0.05, 0.1) is 12.0 Å². The number of aromatic nitrogens is 3. The molecule has 1 N–H and O–H groups in total. The van der Waals surface area contributed by atoms with Crippen molar-refractivity contribution in [3.05, 3.63) is 72.7 Å². The van der Waals surface area contributed by atoms with Gasteiger partial charge in [0.1, 0.15) is 0 Å². The Bertz CT molecular complexity index is 695. The van der Waals surface area contributed by atoms with Gasteiger partial charge in [-0.1, -0.05) is 18.2 Å². The number of hydrogen-bond donors (Lipinski definition) is 1. The van der Waals surface area contributed by atoms with Crippen molar-refractivity contribution in [3.63, 3.8) is 0 Å². The summed E-state index contributed by atoms with van der Waals surface area (Å²) in [5.74, 6) is -0.0967. The van der Waals surface area contributed by atoms with E-state index < -0.39 is 0 Å². The molecule has 0 bridgehead atoms. The lowest BCUT2D eigenvalue weighted by atomic mass is 10.1. The summed E-state index contributed by atoms with van der Waals surface area (Å²) in [6, 6.07) is 10.8. The number of hydrogen-bond acceptors (Lipinski definition) is 3. The van der Waals surface area contributed by atoms with Crippen LogP contribution in [0.25, 0.3) is 5.69 Å². The maximum atomic E-state index is 13.5. The normalized spacial score (nSPS) is 10.4. The van der Waals surface area contributed by atoms with E-state index in [4.69, 9.17) is 0 Å². The lowest BCUT2D eigenvalue weighted by molar-refractivity contribution is 0.624. The number of nitrogens with one attached hydrogen (secondary N) is 1. The monoisotopic (exact) mass is 268 g/mol. The van der Waals surface area contributed by atoms with Crippen LogP contribution in [0, 0.1) is 5.82 Å². The molecule has 0 fully saturated rings. The Balaban J connectivity index is 1.84. The first-order valence-electron chi connectivity index (χ1n) is 6.25. The van der Waals surface area contributed by atoms with Gasteiger partial charge in [-0.15, -0.1) is 0 Å². The lowest BCUT2D eigenvalue weighted by Crippen LogP contribution is -2.06. The predicted molar refractivity (Wildman–Crippen MR) is 75.1 cm³/mol. The zero-order valence-corrected chi connectivity index (χ0v) is 10.7. The number of anilines is 1. The summed E-state index contributed by atoms with van der Waals surface area (Å²) in [5.41, 5.74) is 2.05. The van der Waals surface area contributed by atoms with E-state index in [0.29, 0.717) is 6.54 Å². The zero-order chi connectivity index (χ0) is 13.8. The highest BCUT2D eigenvalue weighted by molar-refractivity contribution is 5.44. The molecule has 0 atom stereocenters. The summed E-state index contributed by atoms with van der Waals surface area (Å²) >= 11 is 0. The highest BCUT2D eigenvalue weighted by Gasteiger charge is 2.06. The number of rotatable bonds is 4. The molecule has 100 valence electrons. The van der Waals surface area contributed by atoms with E-state index in [1.807, 2.05) is 35.0 Å². The molecule has 0 radical (unpaired) electrons. The summed E-state index contributed by atoms with van der Waals surface area (Å²) < 4.78 is 15.4. The minimum absolute atomic E-state index is 0.257. The van der Waals surface area contributed by atoms with Crippen LogP contribution < -0.4 is 5.32 Å². The molecule has 0 unspecified atom stereocenters. The summed E-state index contributed by atoms with van der Waals surface area (Å²) in [7, 11) is 0. The van der Waals surface area contributed by atoms with Crippen LogP contribution in [0.5, 0.6) is 0 Å². The summed E-state index contributed by atoms with van der Waals surface area (Å²) in [6.45, 7) is 0.488. The van der Waals surface area contributed by atoms with Crippen LogP contribution in [-0.4, -0.2) is 14.5 Å². The Labute approximate surface area is 115 Å². The molecule has 3 aromatic rings. The third kappa shape index (κ3) is 2.51. The molecule has 0 spiro atoms. The van der Waals surface area contributed by atoms with Crippen LogP contribution >= 0.6 is 0 Å². The molecule has 0 aliphatic heterocycles. The van der Waals surface area contributed by atoms with E-state index in [-0.39, 0.29) is 11.6 Å². The van der Waals surface area contributed by atoms with Crippen molar-refractivity contribution in [2.24, 2.45) is 0 Å². The Hall–Kier alpha value is -2.69. The molecule has 0 amide bonds. The van der Waals surface area contributed by atoms with Crippen molar-refractivity contribution in [2.45, 2.75) is 6.54 Å². The minimum Gasteiger partial charge on any atom is -0.363 e. The highest BCUT2D eigenvalue weighted by Crippen LogP contribution is 2.16. The van der Waals surface area contributed by atoms with Gasteiger partial charge >= 0.3 is 0 Å². The van der Waals surface area contributed by atoms with E-state index in [9.17, 15) is 4.39 Å². The van der Waals surface area contributed by atoms with Crippen molar-refractivity contribution in [3.8, 4) is 5.69 Å². The number of benzene rings is 1. The number of nitrogens with zero attached hydrogens (tertiary/aromatic N) is 3. The topological polar surface area (TPSA) is 42.7 Å². The van der Waals surface area contributed by atoms with Gasteiger partial charge in [0.2, 0.25) is 0 Å². The second-order valence-electron chi connectivity index (χ2n) is 4.29. The Morgan fingerprint density at radius 1 is 1.10 bits per heavy atom. The lowest BCUT2D eigenvalue weighted by Gasteiger charge is -2.11. The third-order valence-electron chi connectivity index (χ3n) is 2.98. The molecule has 1 aromatic carbocycles. The van der Waals surface area contributed by atoms with Crippen LogP contribution in [0.2, 0.25) is 0 Å². The van der Waals surface area contributed by atoms with Crippen molar-refractivity contribution in [2.75, 3.05) is 5.32 Å². The molecule has 2 aromatic heterocycles. The van der Waals surface area contributed by atoms with E-state index in [2.05, 4.69) is 15.3 Å². The Morgan fingerprint density at radius 2 is 2.00 bits per heavy atom. The van der Waals surface area contributed by atoms with Crippen LogP contribution in [-0.2, 0) is 6.54 Å². The number of pyridine rings is 1. The molecular formula is C15H13FN4. The zero-order valence-electron chi connectivity index (χ0n) is 10.7. The molecular weight excluding hydrogens is 255 g/mol. The molecule has 5 heteroatoms. The number of halogens is 1. The Morgan fingerprint density at radius 3 is 2.80 bits per heavy atom. The number of imidazole rings is 1. The average molecular weight is 268 g/mol. The fraction of sp³-hybridized carbons (Fsp3) is 0.0667. The summed E-state index contributed by atoms with van der Waals surface area (Å²) in [6.07, 6.45) is 6.90. The van der Waals surface area contributed by atoms with Crippen molar-refractivity contribution in [1.82, 2.24) is 14.5 Å². The van der Waals surface area contributed by atoms with E-state index in [1.54, 1.807) is 24.8 Å². The second-order valence-corrected chi connectivity index (χ2v) is 4.29. The fourth-order valence-corrected chi connectivity index (χ4v) is 2.01. The van der Waals surface area contributed by atoms with Gasteiger partial charge in [-0.3, -0.25) is 0 Å². The molecule has 0 aliphatic rings. The molecule has 20 heavy (non-hydrogen) atoms. The molecule has 0 aliphatic carbocycles. The van der Waals surface area contributed by atoms with Gasteiger partial charge in [0.15, 0.2) is 11.6 Å². The second kappa shape index (κ2) is 5.52. The first-order chi connectivity index (χ1) is 9.84. The van der Waals surface area contributed by atoms with Crippen molar-refractivity contribution in [1.29, 1.82) is 0 Å². The first-order valence-corrected chi connectivity index (χ1v) is 6.25. The maximum Gasteiger partial charge on any atom is 0.165 e. The molecule has 4 nitrogen and oxygen atoms in total. The molecule has 2 heterocycles. The van der Waals surface area contributed by atoms with Gasteiger partial charge in [-0.2, -0.15) is 0 Å². The third-order valence-corrected chi connectivity index (χ3v) is 2.98. The standard InChI is InChI=1S/C15H13FN4/c16-13-5-3-7-18-15(13)19-10-12-4-1-2-6-14(12)20-9-8-17-11-20/h1-9,11H,10H2,(H,18,19). The number of para-hydroxylation sites is 1. The molecule has 0 saturated heterocycles. The Kier molecular flexibility index (Phi) is 3.41. The molecule has 3 rings (SSSR count). The molecule has 0 saturated carbocycles. The van der Waals surface area contributed by atoms with Gasteiger partial charge in [0.25, 0.3) is 0 Å². The predicted octanol–water partition coefficient (Wildman–Crippen LogP) is 3.02. The maximum absolute atomic E-state index is 13.5. The summed E-state index contributed by atoms with van der Waals surface area (Å²) in [4.78, 5) is 8.02. The van der Waals surface area contributed by atoms with Gasteiger partial charge in [-0.05, 0) is 23.8 Å². The smallest absolute Gasteiger partial charge is 0.165 e. The van der Waals surface area contributed by atoms with E-state index in [1.165, 1.54) is 6.07 Å². The van der Waals surface area contributed by atoms with Crippen molar-refractivity contribution < 1.29 is 4.39 Å². The van der Waals surface area contributed by atoms with E-state index >= 15 is 0 Å². The fourth-order valence-electron chi connectivity index (χ4n) is 2.01. The van der Waals surface area contributed by atoms with E-state index in [0.717, 1.165) is 11.3 Å². The van der Waals surface area contributed by atoms with Crippen LogP contribution in [0.4, 0.5) is 10.2 Å². The average Bonchev–Trinajstić information content (AvgIpc) is 3.01. The van der Waals surface area contributed by atoms with Crippen LogP contribution in [0.1, 0.15) is 5.56 Å². The largest absolute Gasteiger partial charge is 0.363 e.